The highest BCUT2D eigenvalue weighted by molar-refractivity contribution is 14.0. The molecule has 0 amide bonds. The van der Waals surface area contributed by atoms with Crippen molar-refractivity contribution in [2.75, 3.05) is 13.7 Å². The molecule has 0 bridgehead atoms. The van der Waals surface area contributed by atoms with Crippen LogP contribution in [-0.2, 0) is 29.2 Å². The van der Waals surface area contributed by atoms with E-state index in [4.69, 9.17) is 15.2 Å². The van der Waals surface area contributed by atoms with Crippen molar-refractivity contribution in [2.24, 2.45) is 10.7 Å². The Balaban J connectivity index is 0.00000338. The number of nitrogens with two attached hydrogens (primary N) is 1. The van der Waals surface area contributed by atoms with E-state index in [1.165, 1.54) is 5.56 Å². The van der Waals surface area contributed by atoms with Crippen LogP contribution in [0.25, 0.3) is 0 Å². The van der Waals surface area contributed by atoms with E-state index in [0.29, 0.717) is 32.3 Å². The van der Waals surface area contributed by atoms with Crippen LogP contribution in [0.4, 0.5) is 0 Å². The minimum absolute atomic E-state index is 0. The molecule has 2 aromatic carbocycles. The van der Waals surface area contributed by atoms with Gasteiger partial charge in [-0.25, -0.2) is 4.99 Å². The Bertz CT molecular complexity index is 665. The van der Waals surface area contributed by atoms with E-state index in [2.05, 4.69) is 34.6 Å². The van der Waals surface area contributed by atoms with E-state index in [1.54, 1.807) is 7.11 Å². The van der Waals surface area contributed by atoms with Gasteiger partial charge in [0.2, 0.25) is 0 Å². The Morgan fingerprint density at radius 3 is 2.38 bits per heavy atom. The monoisotopic (exact) mass is 469 g/mol. The zero-order chi connectivity index (χ0) is 17.9. The summed E-state index contributed by atoms with van der Waals surface area (Å²) in [7, 11) is 1.66. The molecule has 0 radical (unpaired) electrons. The third-order valence-corrected chi connectivity index (χ3v) is 3.72. The van der Waals surface area contributed by atoms with Crippen LogP contribution in [0.2, 0.25) is 0 Å². The molecule has 26 heavy (non-hydrogen) atoms. The molecule has 0 aliphatic rings. The van der Waals surface area contributed by atoms with E-state index >= 15 is 0 Å². The molecule has 2 aromatic rings. The molecule has 2 rings (SSSR count). The van der Waals surface area contributed by atoms with Gasteiger partial charge in [-0.3, -0.25) is 0 Å². The van der Waals surface area contributed by atoms with Crippen molar-refractivity contribution in [2.45, 2.75) is 32.7 Å². The van der Waals surface area contributed by atoms with E-state index in [1.807, 2.05) is 37.3 Å². The van der Waals surface area contributed by atoms with Crippen molar-refractivity contribution in [1.29, 1.82) is 0 Å². The number of rotatable bonds is 9. The number of methoxy groups -OCH3 is 1. The first-order chi connectivity index (χ1) is 12.2. The van der Waals surface area contributed by atoms with Gasteiger partial charge in [0.15, 0.2) is 5.96 Å². The lowest BCUT2D eigenvalue weighted by atomic mass is 10.1. The van der Waals surface area contributed by atoms with Gasteiger partial charge in [0.25, 0.3) is 0 Å². The molecule has 0 spiro atoms. The number of nitrogens with zero attached hydrogens (tertiary/aromatic N) is 1. The first-order valence-corrected chi connectivity index (χ1v) is 8.43. The van der Waals surface area contributed by atoms with E-state index in [-0.39, 0.29) is 30.0 Å². The van der Waals surface area contributed by atoms with Gasteiger partial charge < -0.3 is 20.5 Å². The average molecular weight is 469 g/mol. The average Bonchev–Trinajstić information content (AvgIpc) is 2.62. The van der Waals surface area contributed by atoms with Crippen molar-refractivity contribution < 1.29 is 9.47 Å². The zero-order valence-corrected chi connectivity index (χ0v) is 17.7. The zero-order valence-electron chi connectivity index (χ0n) is 15.4. The molecule has 0 aliphatic carbocycles. The lowest BCUT2D eigenvalue weighted by molar-refractivity contribution is 0.106. The van der Waals surface area contributed by atoms with Crippen LogP contribution in [0.3, 0.4) is 0 Å². The third kappa shape index (κ3) is 8.16. The summed E-state index contributed by atoms with van der Waals surface area (Å²) >= 11 is 0. The Labute approximate surface area is 173 Å². The fourth-order valence-electron chi connectivity index (χ4n) is 2.47. The summed E-state index contributed by atoms with van der Waals surface area (Å²) in [5, 5.41) is 3.11. The summed E-state index contributed by atoms with van der Waals surface area (Å²) in [5.74, 6) is 0.421. The summed E-state index contributed by atoms with van der Waals surface area (Å²) < 4.78 is 10.9. The molecular formula is C20H28IN3O2. The third-order valence-electron chi connectivity index (χ3n) is 3.72. The number of benzene rings is 2. The molecule has 3 N–H and O–H groups in total. The number of ether oxygens (including phenoxy) is 2. The molecule has 0 fully saturated rings. The van der Waals surface area contributed by atoms with E-state index in [9.17, 15) is 0 Å². The standard InChI is InChI=1S/C20H27N3O2.HI/c1-16(13-24-2)23-20(21)22-12-18-10-6-7-11-19(18)15-25-14-17-8-4-3-5-9-17;/h3-11,16H,12-15H2,1-2H3,(H3,21,22,23);1H. The van der Waals surface area contributed by atoms with E-state index in [0.717, 1.165) is 11.1 Å². The van der Waals surface area contributed by atoms with Crippen LogP contribution in [0.15, 0.2) is 59.6 Å². The highest BCUT2D eigenvalue weighted by Gasteiger charge is 2.04. The van der Waals surface area contributed by atoms with Crippen molar-refractivity contribution in [3.8, 4) is 0 Å². The summed E-state index contributed by atoms with van der Waals surface area (Å²) in [6.45, 7) is 4.24. The molecule has 0 aromatic heterocycles. The topological polar surface area (TPSA) is 68.9 Å². The molecule has 0 saturated heterocycles. The molecule has 142 valence electrons. The Morgan fingerprint density at radius 1 is 1.04 bits per heavy atom. The van der Waals surface area contributed by atoms with Gasteiger partial charge in [0.05, 0.1) is 26.4 Å². The van der Waals surface area contributed by atoms with Crippen LogP contribution < -0.4 is 11.1 Å². The highest BCUT2D eigenvalue weighted by atomic mass is 127. The van der Waals surface area contributed by atoms with Gasteiger partial charge in [-0.15, -0.1) is 24.0 Å². The molecule has 6 heteroatoms. The number of nitrogens with one attached hydrogen (secondary N) is 1. The summed E-state index contributed by atoms with van der Waals surface area (Å²) in [5.41, 5.74) is 9.33. The summed E-state index contributed by atoms with van der Waals surface area (Å²) in [4.78, 5) is 4.42. The van der Waals surface area contributed by atoms with Gasteiger partial charge >= 0.3 is 0 Å². The lowest BCUT2D eigenvalue weighted by Crippen LogP contribution is -2.40. The first-order valence-electron chi connectivity index (χ1n) is 8.43. The van der Waals surface area contributed by atoms with Gasteiger partial charge in [-0.2, -0.15) is 0 Å². The maximum absolute atomic E-state index is 5.93. The second-order valence-electron chi connectivity index (χ2n) is 5.95. The fourth-order valence-corrected chi connectivity index (χ4v) is 2.47. The molecule has 5 nitrogen and oxygen atoms in total. The summed E-state index contributed by atoms with van der Waals surface area (Å²) in [6, 6.07) is 18.4. The number of hydrogen-bond donors (Lipinski definition) is 2. The number of guanidine groups is 1. The van der Waals surface area contributed by atoms with Crippen molar-refractivity contribution in [3.05, 3.63) is 71.3 Å². The number of hydrogen-bond acceptors (Lipinski definition) is 3. The Kier molecular flexibility index (Phi) is 10.9. The van der Waals surface area contributed by atoms with Crippen molar-refractivity contribution in [1.82, 2.24) is 5.32 Å². The van der Waals surface area contributed by atoms with Crippen LogP contribution in [0.1, 0.15) is 23.6 Å². The lowest BCUT2D eigenvalue weighted by Gasteiger charge is -2.13. The predicted octanol–water partition coefficient (Wildman–Crippen LogP) is 3.46. The Morgan fingerprint density at radius 2 is 1.69 bits per heavy atom. The molecule has 0 heterocycles. The largest absolute Gasteiger partial charge is 0.383 e. The minimum Gasteiger partial charge on any atom is -0.383 e. The number of aliphatic imine (C=N–C) groups is 1. The highest BCUT2D eigenvalue weighted by Crippen LogP contribution is 2.13. The summed E-state index contributed by atoms with van der Waals surface area (Å²) in [6.07, 6.45) is 0. The maximum Gasteiger partial charge on any atom is 0.189 e. The smallest absolute Gasteiger partial charge is 0.189 e. The van der Waals surface area contributed by atoms with Gasteiger partial charge in [0.1, 0.15) is 0 Å². The van der Waals surface area contributed by atoms with E-state index < -0.39 is 0 Å². The second-order valence-corrected chi connectivity index (χ2v) is 5.95. The molecular weight excluding hydrogens is 441 g/mol. The normalized spacial score (nSPS) is 12.3. The van der Waals surface area contributed by atoms with Crippen molar-refractivity contribution in [3.63, 3.8) is 0 Å². The van der Waals surface area contributed by atoms with Gasteiger partial charge in [-0.1, -0.05) is 54.6 Å². The maximum atomic E-state index is 5.93. The first kappa shape index (κ1) is 22.4. The SMILES string of the molecule is COCC(C)NC(N)=NCc1ccccc1COCc1ccccc1.I. The van der Waals surface area contributed by atoms with Crippen LogP contribution >= 0.6 is 24.0 Å². The van der Waals surface area contributed by atoms with Crippen LogP contribution in [-0.4, -0.2) is 25.7 Å². The minimum atomic E-state index is 0. The Hall–Kier alpha value is -1.64. The van der Waals surface area contributed by atoms with Crippen LogP contribution in [0.5, 0.6) is 0 Å². The van der Waals surface area contributed by atoms with Gasteiger partial charge in [-0.05, 0) is 23.6 Å². The molecule has 0 aliphatic heterocycles. The number of halogens is 1. The van der Waals surface area contributed by atoms with Crippen LogP contribution in [0, 0.1) is 0 Å². The quantitative estimate of drug-likeness (QED) is 0.336. The predicted molar refractivity (Wildman–Crippen MR) is 117 cm³/mol. The van der Waals surface area contributed by atoms with Gasteiger partial charge in [0, 0.05) is 13.2 Å². The molecule has 1 atom stereocenters. The molecule has 0 saturated carbocycles. The van der Waals surface area contributed by atoms with Crippen molar-refractivity contribution >= 4 is 29.9 Å². The molecule has 1 unspecified atom stereocenters. The second kappa shape index (κ2) is 12.7. The fraction of sp³-hybridized carbons (Fsp3) is 0.350.